The smallest absolute Gasteiger partial charge is 0.233 e. The molecule has 0 unspecified atom stereocenters. The molecule has 7 heteroatoms. The molecule has 1 amide bonds. The second-order valence-electron chi connectivity index (χ2n) is 7.28. The zero-order chi connectivity index (χ0) is 18.9. The molecule has 2 aliphatic heterocycles. The number of carbonyl (C=O) groups excluding carboxylic acids is 1. The van der Waals surface area contributed by atoms with Gasteiger partial charge in [0.25, 0.3) is 0 Å². The Morgan fingerprint density at radius 3 is 2.41 bits per heavy atom. The Hall–Kier alpha value is -2.12. The minimum absolute atomic E-state index is 0.0152. The maximum atomic E-state index is 13.3. The molecular weight excluding hydrogens is 366 g/mol. The molecule has 0 atom stereocenters. The van der Waals surface area contributed by atoms with Crippen LogP contribution in [0.2, 0.25) is 0 Å². The number of carbonyl (C=O) groups is 1. The van der Waals surface area contributed by atoms with E-state index in [1.165, 1.54) is 6.26 Å². The average molecular weight is 389 g/mol. The summed E-state index contributed by atoms with van der Waals surface area (Å²) < 4.78 is 35.8. The number of furan rings is 1. The second-order valence-corrected chi connectivity index (χ2v) is 9.56. The number of hydrogen-bond donors (Lipinski definition) is 0. The number of ether oxygens (including phenoxy) is 1. The number of nitrogens with zero attached hydrogens (tertiary/aromatic N) is 1. The average Bonchev–Trinajstić information content (AvgIpc) is 3.13. The van der Waals surface area contributed by atoms with Gasteiger partial charge in [-0.2, -0.15) is 0 Å². The first kappa shape index (κ1) is 18.3. The van der Waals surface area contributed by atoms with Crippen LogP contribution in [-0.4, -0.2) is 50.8 Å². The molecule has 0 aliphatic carbocycles. The van der Waals surface area contributed by atoms with E-state index in [-0.39, 0.29) is 24.7 Å². The molecule has 144 valence electrons. The van der Waals surface area contributed by atoms with Gasteiger partial charge in [-0.05, 0) is 30.5 Å². The number of hydrogen-bond acceptors (Lipinski definition) is 5. The Labute approximate surface area is 159 Å². The monoisotopic (exact) mass is 389 g/mol. The minimum Gasteiger partial charge on any atom is -0.468 e. The van der Waals surface area contributed by atoms with Gasteiger partial charge >= 0.3 is 0 Å². The predicted molar refractivity (Wildman–Crippen MR) is 99.9 cm³/mol. The van der Waals surface area contributed by atoms with Crippen molar-refractivity contribution in [3.05, 3.63) is 60.1 Å². The lowest BCUT2D eigenvalue weighted by Gasteiger charge is -2.46. The third-order valence-electron chi connectivity index (χ3n) is 5.65. The van der Waals surface area contributed by atoms with Crippen LogP contribution in [0.5, 0.6) is 0 Å². The summed E-state index contributed by atoms with van der Waals surface area (Å²) >= 11 is 0. The van der Waals surface area contributed by atoms with Crippen molar-refractivity contribution in [3.63, 3.8) is 0 Å². The molecule has 0 spiro atoms. The van der Waals surface area contributed by atoms with E-state index in [0.29, 0.717) is 31.8 Å². The Morgan fingerprint density at radius 1 is 1.07 bits per heavy atom. The van der Waals surface area contributed by atoms with Crippen LogP contribution in [0.25, 0.3) is 0 Å². The summed E-state index contributed by atoms with van der Waals surface area (Å²) in [5, 5.41) is -0.529. The SMILES string of the molecule is O=C(N1CC(S(=O)(=O)Cc2ccco2)C1)C1(c2ccccc2)CCOCC1. The number of amides is 1. The first-order valence-electron chi connectivity index (χ1n) is 9.18. The molecule has 3 heterocycles. The summed E-state index contributed by atoms with van der Waals surface area (Å²) in [4.78, 5) is 15.0. The highest BCUT2D eigenvalue weighted by Crippen LogP contribution is 2.38. The molecule has 2 aromatic rings. The molecule has 1 aromatic carbocycles. The van der Waals surface area contributed by atoms with E-state index in [1.807, 2.05) is 30.3 Å². The molecule has 2 fully saturated rings. The molecule has 0 saturated carbocycles. The summed E-state index contributed by atoms with van der Waals surface area (Å²) in [7, 11) is -3.34. The Balaban J connectivity index is 1.48. The van der Waals surface area contributed by atoms with Crippen LogP contribution in [0.15, 0.2) is 53.1 Å². The zero-order valence-electron chi connectivity index (χ0n) is 15.0. The molecule has 0 bridgehead atoms. The van der Waals surface area contributed by atoms with Crippen molar-refractivity contribution in [1.29, 1.82) is 0 Å². The number of rotatable bonds is 5. The molecule has 1 aromatic heterocycles. The summed E-state index contributed by atoms with van der Waals surface area (Å²) in [6.07, 6.45) is 2.71. The van der Waals surface area contributed by atoms with Gasteiger partial charge in [-0.1, -0.05) is 30.3 Å². The van der Waals surface area contributed by atoms with Crippen LogP contribution in [0.4, 0.5) is 0 Å². The normalized spacial score (nSPS) is 20.2. The van der Waals surface area contributed by atoms with Gasteiger partial charge in [-0.15, -0.1) is 0 Å². The van der Waals surface area contributed by atoms with Crippen molar-refractivity contribution < 1.29 is 22.4 Å². The van der Waals surface area contributed by atoms with Gasteiger partial charge < -0.3 is 14.1 Å². The fourth-order valence-corrected chi connectivity index (χ4v) is 5.56. The summed E-state index contributed by atoms with van der Waals surface area (Å²) in [6, 6.07) is 13.1. The Bertz CT molecular complexity index is 880. The lowest BCUT2D eigenvalue weighted by molar-refractivity contribution is -0.144. The van der Waals surface area contributed by atoms with Gasteiger partial charge in [0, 0.05) is 26.3 Å². The molecule has 0 N–H and O–H groups in total. The van der Waals surface area contributed by atoms with Crippen molar-refractivity contribution >= 4 is 15.7 Å². The van der Waals surface area contributed by atoms with Crippen LogP contribution in [0.3, 0.4) is 0 Å². The number of benzene rings is 1. The van der Waals surface area contributed by atoms with Crippen molar-refractivity contribution in [2.75, 3.05) is 26.3 Å². The van der Waals surface area contributed by atoms with Gasteiger partial charge in [0.15, 0.2) is 9.84 Å². The Kier molecular flexibility index (Phi) is 4.82. The van der Waals surface area contributed by atoms with Crippen molar-refractivity contribution in [2.45, 2.75) is 29.3 Å². The summed E-state index contributed by atoms with van der Waals surface area (Å²) in [5.74, 6) is 0.330. The topological polar surface area (TPSA) is 76.8 Å². The van der Waals surface area contributed by atoms with E-state index in [9.17, 15) is 13.2 Å². The van der Waals surface area contributed by atoms with Gasteiger partial charge in [-0.25, -0.2) is 8.42 Å². The van der Waals surface area contributed by atoms with Gasteiger partial charge in [0.05, 0.1) is 16.9 Å². The minimum atomic E-state index is -3.34. The van der Waals surface area contributed by atoms with E-state index in [0.717, 1.165) is 5.56 Å². The molecule has 0 radical (unpaired) electrons. The van der Waals surface area contributed by atoms with Crippen LogP contribution < -0.4 is 0 Å². The molecule has 27 heavy (non-hydrogen) atoms. The first-order valence-corrected chi connectivity index (χ1v) is 10.9. The molecule has 4 rings (SSSR count). The molecule has 2 saturated heterocycles. The summed E-state index contributed by atoms with van der Waals surface area (Å²) in [6.45, 7) is 1.57. The lowest BCUT2D eigenvalue weighted by atomic mass is 9.72. The molecule has 6 nitrogen and oxygen atoms in total. The van der Waals surface area contributed by atoms with Crippen molar-refractivity contribution in [3.8, 4) is 0 Å². The van der Waals surface area contributed by atoms with E-state index >= 15 is 0 Å². The van der Waals surface area contributed by atoms with Gasteiger partial charge in [0.1, 0.15) is 11.5 Å². The second kappa shape index (κ2) is 7.13. The third-order valence-corrected chi connectivity index (χ3v) is 7.65. The van der Waals surface area contributed by atoms with Crippen LogP contribution in [-0.2, 0) is 30.5 Å². The fourth-order valence-electron chi connectivity index (χ4n) is 3.95. The van der Waals surface area contributed by atoms with E-state index < -0.39 is 20.5 Å². The van der Waals surface area contributed by atoms with E-state index in [4.69, 9.17) is 9.15 Å². The molecular formula is C20H23NO5S. The highest BCUT2D eigenvalue weighted by Gasteiger charge is 2.49. The third kappa shape index (κ3) is 3.41. The van der Waals surface area contributed by atoms with Crippen LogP contribution >= 0.6 is 0 Å². The highest BCUT2D eigenvalue weighted by atomic mass is 32.2. The number of likely N-dealkylation sites (tertiary alicyclic amines) is 1. The number of sulfone groups is 1. The fraction of sp³-hybridized carbons (Fsp3) is 0.450. The Morgan fingerprint density at radius 2 is 1.78 bits per heavy atom. The summed E-state index contributed by atoms with van der Waals surface area (Å²) in [5.41, 5.74) is 0.370. The lowest BCUT2D eigenvalue weighted by Crippen LogP contribution is -2.62. The molecule has 2 aliphatic rings. The van der Waals surface area contributed by atoms with Crippen molar-refractivity contribution in [1.82, 2.24) is 4.90 Å². The quantitative estimate of drug-likeness (QED) is 0.783. The first-order chi connectivity index (χ1) is 13.0. The zero-order valence-corrected chi connectivity index (χ0v) is 15.9. The predicted octanol–water partition coefficient (Wildman–Crippen LogP) is 2.15. The van der Waals surface area contributed by atoms with Crippen LogP contribution in [0.1, 0.15) is 24.2 Å². The van der Waals surface area contributed by atoms with Gasteiger partial charge in [-0.3, -0.25) is 4.79 Å². The standard InChI is InChI=1S/C20H23NO5S/c22-19(20(8-11-25-12-9-20)16-5-2-1-3-6-16)21-13-18(14-21)27(23,24)15-17-7-4-10-26-17/h1-7,10,18H,8-9,11-15H2. The van der Waals surface area contributed by atoms with E-state index in [2.05, 4.69) is 0 Å². The van der Waals surface area contributed by atoms with Gasteiger partial charge in [0.2, 0.25) is 5.91 Å². The van der Waals surface area contributed by atoms with Crippen LogP contribution in [0, 0.1) is 0 Å². The highest BCUT2D eigenvalue weighted by molar-refractivity contribution is 7.91. The maximum Gasteiger partial charge on any atom is 0.233 e. The maximum absolute atomic E-state index is 13.3. The van der Waals surface area contributed by atoms with E-state index in [1.54, 1.807) is 17.0 Å². The largest absolute Gasteiger partial charge is 0.468 e. The van der Waals surface area contributed by atoms with Crippen molar-refractivity contribution in [2.24, 2.45) is 0 Å².